The van der Waals surface area contributed by atoms with Crippen molar-refractivity contribution in [3.05, 3.63) is 271 Å². The largest absolute Gasteiger partial charge is 0.310 e. The molecule has 296 valence electrons. The SMILES string of the molecule is c1ccc(-c2cccc(-c3ccccc3N(c3ccc(-c4ccc5sc6ccccc6c5c4)cc3)c3ccc4c(c3)C(c3ccccc3)(c3ccccc3)c3ccccc3-4)c2)cc1. The van der Waals surface area contributed by atoms with E-state index in [0.717, 1.165) is 22.6 Å². The summed E-state index contributed by atoms with van der Waals surface area (Å²) in [7, 11) is 0. The predicted octanol–water partition coefficient (Wildman–Crippen LogP) is 16.9. The first-order valence-electron chi connectivity index (χ1n) is 21.7. The molecule has 0 saturated carbocycles. The zero-order chi connectivity index (χ0) is 41.7. The first-order valence-corrected chi connectivity index (χ1v) is 22.5. The smallest absolute Gasteiger partial charge is 0.0714 e. The van der Waals surface area contributed by atoms with Crippen LogP contribution in [0.2, 0.25) is 0 Å². The molecule has 11 aromatic rings. The van der Waals surface area contributed by atoms with Gasteiger partial charge in [0.2, 0.25) is 0 Å². The van der Waals surface area contributed by atoms with Gasteiger partial charge in [-0.1, -0.05) is 194 Å². The second-order valence-electron chi connectivity index (χ2n) is 16.4. The topological polar surface area (TPSA) is 3.24 Å². The molecule has 0 atom stereocenters. The summed E-state index contributed by atoms with van der Waals surface area (Å²) < 4.78 is 2.64. The molecule has 0 aliphatic heterocycles. The van der Waals surface area contributed by atoms with Crippen molar-refractivity contribution in [2.45, 2.75) is 5.41 Å². The molecule has 0 saturated heterocycles. The molecule has 0 N–H and O–H groups in total. The number of hydrogen-bond donors (Lipinski definition) is 0. The minimum absolute atomic E-state index is 0.520. The Balaban J connectivity index is 1.07. The van der Waals surface area contributed by atoms with Crippen LogP contribution in [-0.2, 0) is 5.41 Å². The summed E-state index contributed by atoms with van der Waals surface area (Å²) in [5.41, 5.74) is 17.5. The Morgan fingerprint density at radius 1 is 0.302 bits per heavy atom. The van der Waals surface area contributed by atoms with Crippen molar-refractivity contribution >= 4 is 48.6 Å². The summed E-state index contributed by atoms with van der Waals surface area (Å²) in [5, 5.41) is 2.63. The van der Waals surface area contributed by atoms with Crippen molar-refractivity contribution < 1.29 is 0 Å². The van der Waals surface area contributed by atoms with Crippen molar-refractivity contribution in [2.75, 3.05) is 4.90 Å². The van der Waals surface area contributed by atoms with Crippen LogP contribution in [0, 0.1) is 0 Å². The molecule has 0 radical (unpaired) electrons. The third-order valence-electron chi connectivity index (χ3n) is 13.0. The third kappa shape index (κ3) is 6.14. The predicted molar refractivity (Wildman–Crippen MR) is 268 cm³/mol. The van der Waals surface area contributed by atoms with Crippen LogP contribution in [0.5, 0.6) is 0 Å². The Morgan fingerprint density at radius 3 is 1.62 bits per heavy atom. The molecule has 0 fully saturated rings. The number of rotatable bonds is 8. The lowest BCUT2D eigenvalue weighted by Gasteiger charge is -2.35. The molecule has 1 aliphatic carbocycles. The second kappa shape index (κ2) is 15.3. The highest BCUT2D eigenvalue weighted by atomic mass is 32.1. The van der Waals surface area contributed by atoms with Crippen LogP contribution in [0.1, 0.15) is 22.3 Å². The van der Waals surface area contributed by atoms with Crippen LogP contribution in [0.25, 0.3) is 64.7 Å². The zero-order valence-electron chi connectivity index (χ0n) is 34.5. The van der Waals surface area contributed by atoms with E-state index in [-0.39, 0.29) is 0 Å². The van der Waals surface area contributed by atoms with E-state index >= 15 is 0 Å². The van der Waals surface area contributed by atoms with Crippen molar-refractivity contribution in [1.82, 2.24) is 0 Å². The van der Waals surface area contributed by atoms with Gasteiger partial charge in [-0.05, 0) is 116 Å². The van der Waals surface area contributed by atoms with Crippen LogP contribution < -0.4 is 4.90 Å². The summed E-state index contributed by atoms with van der Waals surface area (Å²) in [6, 6.07) is 91.6. The molecular weight excluding hydrogens is 779 g/mol. The molecule has 1 aromatic heterocycles. The van der Waals surface area contributed by atoms with Gasteiger partial charge in [-0.15, -0.1) is 11.3 Å². The molecule has 0 unspecified atom stereocenters. The fraction of sp³-hybridized carbons (Fsp3) is 0.0164. The summed E-state index contributed by atoms with van der Waals surface area (Å²) >= 11 is 1.86. The lowest BCUT2D eigenvalue weighted by atomic mass is 9.67. The molecule has 0 amide bonds. The van der Waals surface area contributed by atoms with Crippen molar-refractivity contribution in [3.63, 3.8) is 0 Å². The molecule has 12 rings (SSSR count). The normalized spacial score (nSPS) is 12.6. The van der Waals surface area contributed by atoms with E-state index in [1.165, 1.54) is 81.4 Å². The minimum atomic E-state index is -0.520. The highest BCUT2D eigenvalue weighted by molar-refractivity contribution is 7.25. The number of anilines is 3. The van der Waals surface area contributed by atoms with Crippen LogP contribution in [-0.4, -0.2) is 0 Å². The molecule has 2 heteroatoms. The Bertz CT molecular complexity index is 3400. The van der Waals surface area contributed by atoms with E-state index in [2.05, 4.69) is 254 Å². The molecule has 1 aliphatic rings. The first kappa shape index (κ1) is 37.0. The lowest BCUT2D eigenvalue weighted by molar-refractivity contribution is 0.768. The average Bonchev–Trinajstić information content (AvgIpc) is 3.88. The molecule has 0 bridgehead atoms. The van der Waals surface area contributed by atoms with E-state index in [4.69, 9.17) is 0 Å². The first-order chi connectivity index (χ1) is 31.2. The summed E-state index contributed by atoms with van der Waals surface area (Å²) in [4.78, 5) is 2.47. The number of nitrogens with zero attached hydrogens (tertiary/aromatic N) is 1. The van der Waals surface area contributed by atoms with Gasteiger partial charge < -0.3 is 4.90 Å². The Labute approximate surface area is 372 Å². The fourth-order valence-electron chi connectivity index (χ4n) is 10.1. The molecular formula is C61H41NS. The standard InChI is InChI=1S/C61H41NS/c1-4-17-42(18-5-1)44-19-16-20-46(39-44)51-25-11-14-29-58(51)62(49-34-31-43(32-35-49)45-33-38-60-55(40-45)54-27-12-15-30-59(54)63-60)50-36-37-53-52-26-10-13-28-56(52)61(57(53)41-50,47-21-6-2-7-22-47)48-23-8-3-9-24-48/h1-41H. The summed E-state index contributed by atoms with van der Waals surface area (Å²) in [6.45, 7) is 0. The number of hydrogen-bond acceptors (Lipinski definition) is 2. The van der Waals surface area contributed by atoms with E-state index in [1.54, 1.807) is 0 Å². The van der Waals surface area contributed by atoms with Crippen LogP contribution in [0.4, 0.5) is 17.1 Å². The summed E-state index contributed by atoms with van der Waals surface area (Å²) in [6.07, 6.45) is 0. The van der Waals surface area contributed by atoms with Crippen molar-refractivity contribution in [2.24, 2.45) is 0 Å². The van der Waals surface area contributed by atoms with Gasteiger partial charge in [-0.2, -0.15) is 0 Å². The zero-order valence-corrected chi connectivity index (χ0v) is 35.3. The molecule has 1 nitrogen and oxygen atoms in total. The maximum Gasteiger partial charge on any atom is 0.0714 e. The van der Waals surface area contributed by atoms with Crippen LogP contribution in [0.3, 0.4) is 0 Å². The quantitative estimate of drug-likeness (QED) is 0.148. The van der Waals surface area contributed by atoms with E-state index in [0.29, 0.717) is 0 Å². The summed E-state index contributed by atoms with van der Waals surface area (Å²) in [5.74, 6) is 0. The van der Waals surface area contributed by atoms with Gasteiger partial charge in [0, 0.05) is 37.1 Å². The van der Waals surface area contributed by atoms with Gasteiger partial charge in [0.05, 0.1) is 11.1 Å². The van der Waals surface area contributed by atoms with Gasteiger partial charge in [0.15, 0.2) is 0 Å². The van der Waals surface area contributed by atoms with Crippen LogP contribution >= 0.6 is 11.3 Å². The molecule has 0 spiro atoms. The van der Waals surface area contributed by atoms with Crippen molar-refractivity contribution in [1.29, 1.82) is 0 Å². The molecule has 10 aromatic carbocycles. The Hall–Kier alpha value is -7.78. The number of benzene rings is 10. The highest BCUT2D eigenvalue weighted by Gasteiger charge is 2.46. The molecule has 1 heterocycles. The second-order valence-corrected chi connectivity index (χ2v) is 17.5. The van der Waals surface area contributed by atoms with Gasteiger partial charge in [0.25, 0.3) is 0 Å². The lowest BCUT2D eigenvalue weighted by Crippen LogP contribution is -2.28. The number of fused-ring (bicyclic) bond motifs is 6. The van der Waals surface area contributed by atoms with Gasteiger partial charge >= 0.3 is 0 Å². The number of thiophene rings is 1. The fourth-order valence-corrected chi connectivity index (χ4v) is 11.2. The average molecular weight is 820 g/mol. The van der Waals surface area contributed by atoms with Crippen molar-refractivity contribution in [3.8, 4) is 44.5 Å². The van der Waals surface area contributed by atoms with Crippen LogP contribution in [0.15, 0.2) is 249 Å². The number of para-hydroxylation sites is 1. The van der Waals surface area contributed by atoms with E-state index in [9.17, 15) is 0 Å². The third-order valence-corrected chi connectivity index (χ3v) is 14.1. The monoisotopic (exact) mass is 819 g/mol. The Kier molecular flexibility index (Phi) is 8.98. The Morgan fingerprint density at radius 2 is 0.841 bits per heavy atom. The maximum atomic E-state index is 2.47. The van der Waals surface area contributed by atoms with Gasteiger partial charge in [0.1, 0.15) is 0 Å². The van der Waals surface area contributed by atoms with E-state index in [1.807, 2.05) is 11.3 Å². The molecule has 63 heavy (non-hydrogen) atoms. The van der Waals surface area contributed by atoms with E-state index < -0.39 is 5.41 Å². The maximum absolute atomic E-state index is 2.47. The van der Waals surface area contributed by atoms with Gasteiger partial charge in [-0.25, -0.2) is 0 Å². The van der Waals surface area contributed by atoms with Gasteiger partial charge in [-0.3, -0.25) is 0 Å². The highest BCUT2D eigenvalue weighted by Crippen LogP contribution is 2.57. The minimum Gasteiger partial charge on any atom is -0.310 e.